The second kappa shape index (κ2) is 8.08. The van der Waals surface area contributed by atoms with Gasteiger partial charge in [0.1, 0.15) is 5.75 Å². The van der Waals surface area contributed by atoms with Crippen LogP contribution >= 0.6 is 24.0 Å². The maximum Gasteiger partial charge on any atom is 0.390 e. The van der Waals surface area contributed by atoms with E-state index in [-0.39, 0.29) is 29.9 Å². The Balaban J connectivity index is 0.00000324. The molecule has 0 spiro atoms. The Morgan fingerprint density at radius 1 is 1.42 bits per heavy atom. The molecule has 3 N–H and O–H groups in total. The summed E-state index contributed by atoms with van der Waals surface area (Å²) >= 11 is 0. The van der Waals surface area contributed by atoms with Gasteiger partial charge < -0.3 is 15.8 Å². The zero-order valence-corrected chi connectivity index (χ0v) is 12.5. The van der Waals surface area contributed by atoms with Gasteiger partial charge in [-0.3, -0.25) is 4.99 Å². The molecule has 8 heteroatoms. The molecule has 4 nitrogen and oxygen atoms in total. The molecular weight excluding hydrogens is 374 g/mol. The molecule has 0 aliphatic rings. The number of nitrogens with zero attached hydrogens (tertiary/aromatic N) is 1. The highest BCUT2D eigenvalue weighted by Crippen LogP contribution is 2.19. The first-order valence-electron chi connectivity index (χ1n) is 5.18. The number of rotatable bonds is 4. The largest absolute Gasteiger partial charge is 0.497 e. The van der Waals surface area contributed by atoms with E-state index in [1.54, 1.807) is 24.3 Å². The molecule has 0 saturated carbocycles. The molecule has 0 fully saturated rings. The number of alkyl halides is 3. The molecule has 0 amide bonds. The van der Waals surface area contributed by atoms with E-state index in [4.69, 9.17) is 10.5 Å². The lowest BCUT2D eigenvalue weighted by Gasteiger charge is -2.08. The predicted octanol–water partition coefficient (Wildman–Crippen LogP) is 2.99. The zero-order chi connectivity index (χ0) is 13.6. The molecule has 0 aliphatic carbocycles. The number of anilines is 1. The molecule has 0 unspecified atom stereocenters. The number of hydrogen-bond donors (Lipinski definition) is 2. The van der Waals surface area contributed by atoms with Crippen molar-refractivity contribution in [2.45, 2.75) is 12.6 Å². The van der Waals surface area contributed by atoms with Crippen LogP contribution in [-0.4, -0.2) is 25.8 Å². The number of ether oxygens (including phenoxy) is 1. The number of guanidine groups is 1. The van der Waals surface area contributed by atoms with E-state index in [0.717, 1.165) is 0 Å². The SMILES string of the molecule is COc1cccc(NC(N)=NCCC(F)(F)F)c1.I. The standard InChI is InChI=1S/C11H14F3N3O.HI/c1-18-9-4-2-3-8(7-9)17-10(15)16-6-5-11(12,13)14;/h2-4,7H,5-6H2,1H3,(H3,15,16,17);1H. The van der Waals surface area contributed by atoms with Crippen molar-refractivity contribution in [3.8, 4) is 5.75 Å². The first kappa shape index (κ1) is 17.8. The third kappa shape index (κ3) is 7.75. The van der Waals surface area contributed by atoms with E-state index in [2.05, 4.69) is 10.3 Å². The Morgan fingerprint density at radius 2 is 2.11 bits per heavy atom. The number of hydrogen-bond acceptors (Lipinski definition) is 2. The Kier molecular flexibility index (Phi) is 7.57. The summed E-state index contributed by atoms with van der Waals surface area (Å²) in [6, 6.07) is 6.83. The van der Waals surface area contributed by atoms with Gasteiger partial charge in [0.25, 0.3) is 0 Å². The molecule has 1 rings (SSSR count). The van der Waals surface area contributed by atoms with Crippen LogP contribution in [0, 0.1) is 0 Å². The summed E-state index contributed by atoms with van der Waals surface area (Å²) in [5.74, 6) is 0.551. The van der Waals surface area contributed by atoms with E-state index >= 15 is 0 Å². The third-order valence-electron chi connectivity index (χ3n) is 2.02. The second-order valence-corrected chi connectivity index (χ2v) is 3.49. The number of nitrogens with two attached hydrogens (primary N) is 1. The van der Waals surface area contributed by atoms with Crippen LogP contribution in [0.4, 0.5) is 18.9 Å². The van der Waals surface area contributed by atoms with Crippen LogP contribution in [-0.2, 0) is 0 Å². The van der Waals surface area contributed by atoms with Gasteiger partial charge in [-0.1, -0.05) is 6.07 Å². The molecule has 0 aromatic heterocycles. The summed E-state index contributed by atoms with van der Waals surface area (Å²) in [5.41, 5.74) is 6.06. The number of aliphatic imine (C=N–C) groups is 1. The van der Waals surface area contributed by atoms with E-state index in [1.165, 1.54) is 7.11 Å². The van der Waals surface area contributed by atoms with Gasteiger partial charge in [-0.05, 0) is 12.1 Å². The number of methoxy groups -OCH3 is 1. The van der Waals surface area contributed by atoms with Gasteiger partial charge in [0.15, 0.2) is 5.96 Å². The summed E-state index contributed by atoms with van der Waals surface area (Å²) in [4.78, 5) is 3.58. The Hall–Kier alpha value is -1.19. The van der Waals surface area contributed by atoms with Crippen LogP contribution in [0.2, 0.25) is 0 Å². The van der Waals surface area contributed by atoms with Crippen LogP contribution in [0.15, 0.2) is 29.3 Å². The summed E-state index contributed by atoms with van der Waals surface area (Å²) in [6.45, 7) is -0.397. The lowest BCUT2D eigenvalue weighted by molar-refractivity contribution is -0.132. The van der Waals surface area contributed by atoms with Crippen molar-refractivity contribution < 1.29 is 17.9 Å². The van der Waals surface area contributed by atoms with Gasteiger partial charge in [0.05, 0.1) is 20.1 Å². The van der Waals surface area contributed by atoms with E-state index < -0.39 is 19.1 Å². The minimum Gasteiger partial charge on any atom is -0.497 e. The number of benzene rings is 1. The van der Waals surface area contributed by atoms with Crippen molar-refractivity contribution in [2.75, 3.05) is 19.0 Å². The minimum atomic E-state index is -4.22. The maximum atomic E-state index is 11.9. The predicted molar refractivity (Wildman–Crippen MR) is 79.2 cm³/mol. The maximum absolute atomic E-state index is 11.9. The number of halogens is 4. The van der Waals surface area contributed by atoms with Crippen molar-refractivity contribution in [3.63, 3.8) is 0 Å². The van der Waals surface area contributed by atoms with Crippen molar-refractivity contribution >= 4 is 35.6 Å². The highest BCUT2D eigenvalue weighted by molar-refractivity contribution is 14.0. The Morgan fingerprint density at radius 3 is 2.68 bits per heavy atom. The lowest BCUT2D eigenvalue weighted by atomic mass is 10.3. The molecular formula is C11H15F3IN3O. The van der Waals surface area contributed by atoms with Crippen LogP contribution < -0.4 is 15.8 Å². The zero-order valence-electron chi connectivity index (χ0n) is 10.2. The Bertz CT molecular complexity index is 424. The second-order valence-electron chi connectivity index (χ2n) is 3.49. The first-order chi connectivity index (χ1) is 8.40. The highest BCUT2D eigenvalue weighted by atomic mass is 127. The van der Waals surface area contributed by atoms with E-state index in [1.807, 2.05) is 0 Å². The fourth-order valence-corrected chi connectivity index (χ4v) is 1.19. The Labute approximate surface area is 126 Å². The molecule has 0 heterocycles. The summed E-state index contributed by atoms with van der Waals surface area (Å²) < 4.78 is 40.6. The van der Waals surface area contributed by atoms with Gasteiger partial charge in [-0.15, -0.1) is 24.0 Å². The molecule has 0 saturated heterocycles. The third-order valence-corrected chi connectivity index (χ3v) is 2.02. The molecule has 1 aromatic rings. The van der Waals surface area contributed by atoms with Gasteiger partial charge in [-0.25, -0.2) is 0 Å². The van der Waals surface area contributed by atoms with Gasteiger partial charge in [-0.2, -0.15) is 13.2 Å². The average Bonchev–Trinajstić information content (AvgIpc) is 2.27. The molecule has 1 aromatic carbocycles. The van der Waals surface area contributed by atoms with Crippen LogP contribution in [0.1, 0.15) is 6.42 Å². The average molecular weight is 389 g/mol. The number of nitrogens with one attached hydrogen (secondary N) is 1. The first-order valence-corrected chi connectivity index (χ1v) is 5.18. The summed E-state index contributed by atoms with van der Waals surface area (Å²) in [5, 5.41) is 2.68. The van der Waals surface area contributed by atoms with Gasteiger partial charge >= 0.3 is 6.18 Å². The molecule has 0 bridgehead atoms. The van der Waals surface area contributed by atoms with Gasteiger partial charge in [0.2, 0.25) is 0 Å². The fraction of sp³-hybridized carbons (Fsp3) is 0.364. The lowest BCUT2D eigenvalue weighted by Crippen LogP contribution is -2.23. The monoisotopic (exact) mass is 389 g/mol. The molecule has 0 radical (unpaired) electrons. The summed E-state index contributed by atoms with van der Waals surface area (Å²) in [7, 11) is 1.51. The normalized spacial score (nSPS) is 11.7. The highest BCUT2D eigenvalue weighted by Gasteiger charge is 2.26. The van der Waals surface area contributed by atoms with Crippen LogP contribution in [0.25, 0.3) is 0 Å². The molecule has 19 heavy (non-hydrogen) atoms. The van der Waals surface area contributed by atoms with E-state index in [0.29, 0.717) is 11.4 Å². The smallest absolute Gasteiger partial charge is 0.390 e. The minimum absolute atomic E-state index is 0. The van der Waals surface area contributed by atoms with Crippen molar-refractivity contribution in [1.82, 2.24) is 0 Å². The van der Waals surface area contributed by atoms with Gasteiger partial charge in [0, 0.05) is 11.8 Å². The molecule has 108 valence electrons. The molecule has 0 atom stereocenters. The van der Waals surface area contributed by atoms with Crippen molar-refractivity contribution in [1.29, 1.82) is 0 Å². The van der Waals surface area contributed by atoms with E-state index in [9.17, 15) is 13.2 Å². The fourth-order valence-electron chi connectivity index (χ4n) is 1.19. The molecule has 0 aliphatic heterocycles. The van der Waals surface area contributed by atoms with Crippen LogP contribution in [0.5, 0.6) is 5.75 Å². The quantitative estimate of drug-likeness (QED) is 0.473. The van der Waals surface area contributed by atoms with Crippen molar-refractivity contribution in [2.24, 2.45) is 10.7 Å². The van der Waals surface area contributed by atoms with Crippen LogP contribution in [0.3, 0.4) is 0 Å². The topological polar surface area (TPSA) is 59.6 Å². The summed E-state index contributed by atoms with van der Waals surface area (Å²) in [6.07, 6.45) is -5.22. The van der Waals surface area contributed by atoms with Crippen molar-refractivity contribution in [3.05, 3.63) is 24.3 Å².